The average Bonchev–Trinajstić information content (AvgIpc) is 4.04. The summed E-state index contributed by atoms with van der Waals surface area (Å²) in [4.78, 5) is 2.42. The Morgan fingerprint density at radius 1 is 0.571 bits per heavy atom. The lowest BCUT2D eigenvalue weighted by molar-refractivity contribution is -0.240. The van der Waals surface area contributed by atoms with Gasteiger partial charge in [-0.25, -0.2) is 0 Å². The van der Waals surface area contributed by atoms with Gasteiger partial charge in [0.05, 0.1) is 44.0 Å². The topological polar surface area (TPSA) is 46.2 Å². The molecule has 6 heteroatoms. The fraction of sp³-hybridized carbons (Fsp3) is 0.320. The summed E-state index contributed by atoms with van der Waals surface area (Å²) in [5.74, 6) is 1.63. The molecule has 1 aromatic heterocycles. The molecular formula is C50H52O5S. The highest BCUT2D eigenvalue weighted by Gasteiger charge is 2.54. The summed E-state index contributed by atoms with van der Waals surface area (Å²) in [6.45, 7) is 4.25. The lowest BCUT2D eigenvalue weighted by Crippen LogP contribution is -2.64. The SMILES string of the molecule is Cc1cc(OC2(COCc3ccccc3)CCC(OCc3ccccc3)C(OCc3ccccc3)C2OCc2ccccc2)c(Cc2ccc(C3CC3)cc2)s1. The molecule has 5 aromatic carbocycles. The van der Waals surface area contributed by atoms with Crippen molar-refractivity contribution in [2.75, 3.05) is 6.61 Å². The molecule has 8 rings (SSSR count). The molecule has 1 heterocycles. The molecule has 0 bridgehead atoms. The number of ether oxygens (including phenoxy) is 5. The van der Waals surface area contributed by atoms with Crippen molar-refractivity contribution in [2.45, 2.75) is 95.3 Å². The van der Waals surface area contributed by atoms with Crippen LogP contribution in [-0.2, 0) is 51.8 Å². The van der Waals surface area contributed by atoms with Crippen molar-refractivity contribution in [1.29, 1.82) is 0 Å². The maximum Gasteiger partial charge on any atom is 0.161 e. The first kappa shape index (κ1) is 38.3. The van der Waals surface area contributed by atoms with Crippen LogP contribution in [0.5, 0.6) is 5.75 Å². The molecule has 6 aromatic rings. The Kier molecular flexibility index (Phi) is 12.7. The molecule has 0 aliphatic heterocycles. The minimum Gasteiger partial charge on any atom is -0.481 e. The summed E-state index contributed by atoms with van der Waals surface area (Å²) in [5, 5.41) is 0. The van der Waals surface area contributed by atoms with Crippen LogP contribution < -0.4 is 4.74 Å². The number of aryl methyl sites for hydroxylation is 1. The van der Waals surface area contributed by atoms with E-state index in [0.29, 0.717) is 45.9 Å². The predicted molar refractivity (Wildman–Crippen MR) is 224 cm³/mol. The minimum absolute atomic E-state index is 0.237. The first-order valence-corrected chi connectivity index (χ1v) is 20.9. The van der Waals surface area contributed by atoms with Gasteiger partial charge >= 0.3 is 0 Å². The van der Waals surface area contributed by atoms with E-state index >= 15 is 0 Å². The molecule has 4 atom stereocenters. The van der Waals surface area contributed by atoms with E-state index in [1.54, 1.807) is 11.3 Å². The van der Waals surface area contributed by atoms with Crippen LogP contribution >= 0.6 is 11.3 Å². The van der Waals surface area contributed by atoms with Gasteiger partial charge in [-0.2, -0.15) is 0 Å². The first-order valence-electron chi connectivity index (χ1n) is 20.1. The van der Waals surface area contributed by atoms with E-state index in [4.69, 9.17) is 23.7 Å². The molecule has 5 nitrogen and oxygen atoms in total. The van der Waals surface area contributed by atoms with Crippen molar-refractivity contribution in [3.63, 3.8) is 0 Å². The molecule has 288 valence electrons. The van der Waals surface area contributed by atoms with Crippen LogP contribution in [0.4, 0.5) is 0 Å². The van der Waals surface area contributed by atoms with Crippen LogP contribution in [-0.4, -0.2) is 30.5 Å². The monoisotopic (exact) mass is 764 g/mol. The highest BCUT2D eigenvalue weighted by Crippen LogP contribution is 2.43. The van der Waals surface area contributed by atoms with Crippen molar-refractivity contribution in [1.82, 2.24) is 0 Å². The molecule has 0 amide bonds. The summed E-state index contributed by atoms with van der Waals surface area (Å²) in [5.41, 5.74) is 6.28. The van der Waals surface area contributed by atoms with Crippen LogP contribution in [0.25, 0.3) is 0 Å². The molecule has 56 heavy (non-hydrogen) atoms. The summed E-state index contributed by atoms with van der Waals surface area (Å²) >= 11 is 1.80. The average molecular weight is 765 g/mol. The second-order valence-electron chi connectivity index (χ2n) is 15.3. The molecule has 0 saturated heterocycles. The lowest BCUT2D eigenvalue weighted by atomic mass is 9.78. The molecule has 2 aliphatic rings. The standard InChI is InChI=1S/C50H52O5S/c1-37-30-46(47(56-37)31-38-22-24-43(25-23-38)44-26-27-44)55-50(36-51-32-39-14-6-2-7-15-39)29-28-45(52-33-40-16-8-3-9-17-40)48(53-34-41-18-10-4-11-19-41)49(50)54-35-42-20-12-5-13-21-42/h2-25,30,44-45,48-49H,26-29,31-36H2,1H3. The van der Waals surface area contributed by atoms with Crippen molar-refractivity contribution < 1.29 is 23.7 Å². The third-order valence-electron chi connectivity index (χ3n) is 11.0. The normalized spacial score (nSPS) is 20.8. The highest BCUT2D eigenvalue weighted by molar-refractivity contribution is 7.12. The molecule has 0 spiro atoms. The van der Waals surface area contributed by atoms with E-state index in [-0.39, 0.29) is 6.10 Å². The van der Waals surface area contributed by atoms with Crippen LogP contribution in [0, 0.1) is 6.92 Å². The lowest BCUT2D eigenvalue weighted by Gasteiger charge is -2.49. The van der Waals surface area contributed by atoms with Crippen molar-refractivity contribution >= 4 is 11.3 Å². The molecule has 0 N–H and O–H groups in total. The Morgan fingerprint density at radius 3 is 1.68 bits per heavy atom. The van der Waals surface area contributed by atoms with Crippen molar-refractivity contribution in [2.24, 2.45) is 0 Å². The fourth-order valence-corrected chi connectivity index (χ4v) is 8.79. The van der Waals surface area contributed by atoms with Crippen molar-refractivity contribution in [3.05, 3.63) is 195 Å². The van der Waals surface area contributed by atoms with Gasteiger partial charge in [0.2, 0.25) is 0 Å². The van der Waals surface area contributed by atoms with E-state index in [2.05, 4.69) is 134 Å². The largest absolute Gasteiger partial charge is 0.481 e. The maximum absolute atomic E-state index is 7.50. The van der Waals surface area contributed by atoms with E-state index in [1.165, 1.54) is 33.7 Å². The molecular weight excluding hydrogens is 713 g/mol. The molecule has 2 aliphatic carbocycles. The van der Waals surface area contributed by atoms with Crippen LogP contribution in [0.1, 0.15) is 74.7 Å². The molecule has 0 radical (unpaired) electrons. The van der Waals surface area contributed by atoms with Crippen LogP contribution in [0.3, 0.4) is 0 Å². The first-order chi connectivity index (χ1) is 27.6. The third-order valence-corrected chi connectivity index (χ3v) is 12.0. The maximum atomic E-state index is 7.50. The van der Waals surface area contributed by atoms with Gasteiger partial charge in [-0.05, 0) is 78.0 Å². The van der Waals surface area contributed by atoms with E-state index in [0.717, 1.165) is 40.3 Å². The zero-order valence-electron chi connectivity index (χ0n) is 32.3. The zero-order chi connectivity index (χ0) is 38.0. The van der Waals surface area contributed by atoms with E-state index in [9.17, 15) is 0 Å². The smallest absolute Gasteiger partial charge is 0.161 e. The number of thiophene rings is 1. The summed E-state index contributed by atoms with van der Waals surface area (Å²) in [6, 6.07) is 52.8. The summed E-state index contributed by atoms with van der Waals surface area (Å²) < 4.78 is 35.2. The Hall–Kier alpha value is -4.56. The summed E-state index contributed by atoms with van der Waals surface area (Å²) in [6.07, 6.45) is 3.57. The van der Waals surface area contributed by atoms with Gasteiger partial charge < -0.3 is 23.7 Å². The van der Waals surface area contributed by atoms with E-state index < -0.39 is 17.8 Å². The third kappa shape index (κ3) is 10.0. The molecule has 4 unspecified atom stereocenters. The zero-order valence-corrected chi connectivity index (χ0v) is 33.1. The highest BCUT2D eigenvalue weighted by atomic mass is 32.1. The van der Waals surface area contributed by atoms with Crippen molar-refractivity contribution in [3.8, 4) is 5.75 Å². The van der Waals surface area contributed by atoms with Crippen LogP contribution in [0.15, 0.2) is 152 Å². The van der Waals surface area contributed by atoms with Gasteiger partial charge in [0, 0.05) is 11.3 Å². The number of hydrogen-bond acceptors (Lipinski definition) is 6. The quantitative estimate of drug-likeness (QED) is 0.0872. The van der Waals surface area contributed by atoms with Crippen LogP contribution in [0.2, 0.25) is 0 Å². The number of rotatable bonds is 18. The minimum atomic E-state index is -0.879. The number of benzene rings is 5. The van der Waals surface area contributed by atoms with Gasteiger partial charge in [-0.1, -0.05) is 146 Å². The molecule has 2 fully saturated rings. The van der Waals surface area contributed by atoms with Gasteiger partial charge in [-0.15, -0.1) is 11.3 Å². The second kappa shape index (κ2) is 18.6. The number of hydrogen-bond donors (Lipinski definition) is 0. The van der Waals surface area contributed by atoms with E-state index in [1.807, 2.05) is 24.3 Å². The molecule has 2 saturated carbocycles. The van der Waals surface area contributed by atoms with Gasteiger partial charge in [0.1, 0.15) is 18.0 Å². The fourth-order valence-electron chi connectivity index (χ4n) is 7.80. The second-order valence-corrected chi connectivity index (χ2v) is 16.7. The Bertz CT molecular complexity index is 2070. The van der Waals surface area contributed by atoms with Gasteiger partial charge in [0.25, 0.3) is 0 Å². The Labute approximate surface area is 336 Å². The summed E-state index contributed by atoms with van der Waals surface area (Å²) in [7, 11) is 0. The van der Waals surface area contributed by atoms with Gasteiger partial charge in [0.15, 0.2) is 5.60 Å². The Morgan fingerprint density at radius 2 is 1.11 bits per heavy atom. The van der Waals surface area contributed by atoms with Gasteiger partial charge in [-0.3, -0.25) is 0 Å². The Balaban J connectivity index is 1.15. The predicted octanol–water partition coefficient (Wildman–Crippen LogP) is 11.4.